The van der Waals surface area contributed by atoms with Crippen LogP contribution in [0.15, 0.2) is 35.4 Å². The molecule has 1 aromatic carbocycles. The fourth-order valence-corrected chi connectivity index (χ4v) is 5.05. The summed E-state index contributed by atoms with van der Waals surface area (Å²) < 4.78 is 79.2. The van der Waals surface area contributed by atoms with Gasteiger partial charge in [0.15, 0.2) is 23.1 Å². The Morgan fingerprint density at radius 3 is 2.43 bits per heavy atom. The normalized spacial score (nSPS) is 20.6. The molecule has 0 radical (unpaired) electrons. The third kappa shape index (κ3) is 4.46. The molecule has 4 heterocycles. The van der Waals surface area contributed by atoms with Crippen molar-refractivity contribution in [2.75, 3.05) is 4.90 Å². The van der Waals surface area contributed by atoms with Crippen molar-refractivity contribution < 1.29 is 31.4 Å². The molecule has 13 heteroatoms. The second-order valence-electron chi connectivity index (χ2n) is 9.18. The molecule has 2 unspecified atom stereocenters. The van der Waals surface area contributed by atoms with Crippen molar-refractivity contribution >= 4 is 5.82 Å². The third-order valence-electron chi connectivity index (χ3n) is 6.85. The molecule has 0 saturated carbocycles. The zero-order valence-corrected chi connectivity index (χ0v) is 19.9. The van der Waals surface area contributed by atoms with Gasteiger partial charge in [-0.3, -0.25) is 4.57 Å². The number of hydrogen-bond acceptors (Lipinski definition) is 7. The Morgan fingerprint density at radius 2 is 1.81 bits per heavy atom. The number of halogens is 5. The number of anilines is 1. The zero-order valence-electron chi connectivity index (χ0n) is 19.9. The number of aromatic nitrogens is 4. The third-order valence-corrected chi connectivity index (χ3v) is 6.85. The van der Waals surface area contributed by atoms with E-state index in [1.807, 2.05) is 0 Å². The quantitative estimate of drug-likeness (QED) is 0.427. The van der Waals surface area contributed by atoms with E-state index in [0.717, 1.165) is 31.4 Å². The Labute approximate surface area is 207 Å². The number of ether oxygens (including phenoxy) is 2. The lowest BCUT2D eigenvalue weighted by Crippen LogP contribution is -2.43. The second-order valence-corrected chi connectivity index (χ2v) is 9.18. The molecule has 0 spiro atoms. The van der Waals surface area contributed by atoms with Crippen LogP contribution in [0.25, 0.3) is 0 Å². The van der Waals surface area contributed by atoms with Crippen molar-refractivity contribution in [3.05, 3.63) is 64.1 Å². The summed E-state index contributed by atoms with van der Waals surface area (Å²) in [7, 11) is 0. The molecule has 8 nitrogen and oxygen atoms in total. The molecule has 0 amide bonds. The Morgan fingerprint density at radius 1 is 1.14 bits per heavy atom. The van der Waals surface area contributed by atoms with Gasteiger partial charge in [-0.1, -0.05) is 6.92 Å². The monoisotopic (exact) mass is 523 g/mol. The highest BCUT2D eigenvalue weighted by molar-refractivity contribution is 5.52. The minimum atomic E-state index is -4.76. The summed E-state index contributed by atoms with van der Waals surface area (Å²) in [6, 6.07) is 3.81. The number of alkyl halides is 3. The molecule has 2 aromatic heterocycles. The van der Waals surface area contributed by atoms with Gasteiger partial charge in [0.05, 0.1) is 24.5 Å². The predicted molar refractivity (Wildman–Crippen MR) is 120 cm³/mol. The Kier molecular flexibility index (Phi) is 6.03. The Balaban J connectivity index is 1.32. The van der Waals surface area contributed by atoms with Crippen LogP contribution in [0, 0.1) is 11.6 Å². The van der Waals surface area contributed by atoms with E-state index < -0.39 is 35.1 Å². The minimum Gasteiger partial charge on any atom is -0.473 e. The van der Waals surface area contributed by atoms with Gasteiger partial charge in [-0.15, -0.1) is 0 Å². The molecule has 37 heavy (non-hydrogen) atoms. The maximum atomic E-state index is 14.6. The SMILES string of the molecule is CCC12CCC(C)N1c1cc(OCc3cc(F)c(Oc4cnc(C(F)(F)F)nc4)c(F)c3)nc(=O)n1C2. The standard InChI is InChI=1S/C24H22F5N5O3/c1-3-23-5-4-13(2)34(23)19-8-18(32-22(35)33(19)12-23)36-11-14-6-16(25)20(17(26)7-14)37-15-9-30-21(31-10-15)24(27,28)29/h6-10,13H,3-5,11-12H2,1-2H3. The van der Waals surface area contributed by atoms with Crippen LogP contribution in [-0.4, -0.2) is 31.1 Å². The van der Waals surface area contributed by atoms with Gasteiger partial charge in [0.2, 0.25) is 11.7 Å². The molecule has 2 aliphatic rings. The van der Waals surface area contributed by atoms with Crippen LogP contribution in [0.1, 0.15) is 44.5 Å². The van der Waals surface area contributed by atoms with Gasteiger partial charge in [0.1, 0.15) is 12.4 Å². The molecular formula is C24H22F5N5O3. The predicted octanol–water partition coefficient (Wildman–Crippen LogP) is 4.85. The highest BCUT2D eigenvalue weighted by atomic mass is 19.4. The van der Waals surface area contributed by atoms with Crippen LogP contribution in [0.5, 0.6) is 17.4 Å². The number of benzene rings is 1. The summed E-state index contributed by atoms with van der Waals surface area (Å²) in [5, 5.41) is 0. The zero-order chi connectivity index (χ0) is 26.5. The smallest absolute Gasteiger partial charge is 0.451 e. The van der Waals surface area contributed by atoms with E-state index in [1.165, 1.54) is 0 Å². The van der Waals surface area contributed by atoms with Crippen LogP contribution in [0.4, 0.5) is 27.8 Å². The maximum Gasteiger partial charge on any atom is 0.451 e. The first-order valence-electron chi connectivity index (χ1n) is 11.6. The van der Waals surface area contributed by atoms with Crippen molar-refractivity contribution in [2.45, 2.75) is 64.0 Å². The summed E-state index contributed by atoms with van der Waals surface area (Å²) in [5.74, 6) is -4.10. The highest BCUT2D eigenvalue weighted by Crippen LogP contribution is 2.46. The van der Waals surface area contributed by atoms with Crippen molar-refractivity contribution in [3.63, 3.8) is 0 Å². The summed E-state index contributed by atoms with van der Waals surface area (Å²) in [5.41, 5.74) is -0.501. The summed E-state index contributed by atoms with van der Waals surface area (Å²) in [6.45, 7) is 4.46. The van der Waals surface area contributed by atoms with Gasteiger partial charge < -0.3 is 14.4 Å². The van der Waals surface area contributed by atoms with Crippen molar-refractivity contribution in [1.82, 2.24) is 19.5 Å². The van der Waals surface area contributed by atoms with E-state index in [0.29, 0.717) is 24.8 Å². The second kappa shape index (κ2) is 8.96. The van der Waals surface area contributed by atoms with Gasteiger partial charge in [-0.05, 0) is 43.9 Å². The molecule has 5 rings (SSSR count). The van der Waals surface area contributed by atoms with Crippen molar-refractivity contribution in [1.29, 1.82) is 0 Å². The maximum absolute atomic E-state index is 14.6. The van der Waals surface area contributed by atoms with Gasteiger partial charge in [0.25, 0.3) is 0 Å². The van der Waals surface area contributed by atoms with Crippen molar-refractivity contribution in [2.24, 2.45) is 0 Å². The fourth-order valence-electron chi connectivity index (χ4n) is 5.05. The Hall–Kier alpha value is -3.77. The van der Waals surface area contributed by atoms with E-state index in [2.05, 4.69) is 33.7 Å². The molecular weight excluding hydrogens is 501 g/mol. The van der Waals surface area contributed by atoms with Crippen molar-refractivity contribution in [3.8, 4) is 17.4 Å². The minimum absolute atomic E-state index is 0.0327. The van der Waals surface area contributed by atoms with Gasteiger partial charge in [-0.25, -0.2) is 23.5 Å². The van der Waals surface area contributed by atoms with E-state index in [-0.39, 0.29) is 35.4 Å². The summed E-state index contributed by atoms with van der Waals surface area (Å²) >= 11 is 0. The van der Waals surface area contributed by atoms with Crippen LogP contribution < -0.4 is 20.1 Å². The topological polar surface area (TPSA) is 82.4 Å². The molecule has 2 aliphatic heterocycles. The lowest BCUT2D eigenvalue weighted by atomic mass is 9.94. The van der Waals surface area contributed by atoms with E-state index in [1.54, 1.807) is 10.6 Å². The van der Waals surface area contributed by atoms with E-state index in [9.17, 15) is 26.7 Å². The molecule has 2 atom stereocenters. The number of fused-ring (bicyclic) bond motifs is 3. The first kappa shape index (κ1) is 24.9. The lowest BCUT2D eigenvalue weighted by Gasteiger charge is -2.34. The highest BCUT2D eigenvalue weighted by Gasteiger charge is 2.49. The van der Waals surface area contributed by atoms with Gasteiger partial charge >= 0.3 is 11.9 Å². The average Bonchev–Trinajstić information content (AvgIpc) is 3.35. The summed E-state index contributed by atoms with van der Waals surface area (Å²) in [6.07, 6.45) is -0.585. The van der Waals surface area contributed by atoms with Gasteiger partial charge in [-0.2, -0.15) is 18.2 Å². The molecule has 0 aliphatic carbocycles. The first-order valence-corrected chi connectivity index (χ1v) is 11.6. The van der Waals surface area contributed by atoms with Crippen LogP contribution in [0.3, 0.4) is 0 Å². The van der Waals surface area contributed by atoms with E-state index in [4.69, 9.17) is 9.47 Å². The molecule has 1 fully saturated rings. The van der Waals surface area contributed by atoms with Crippen LogP contribution >= 0.6 is 0 Å². The largest absolute Gasteiger partial charge is 0.473 e. The molecule has 1 saturated heterocycles. The fraction of sp³-hybridized carbons (Fsp3) is 0.417. The van der Waals surface area contributed by atoms with Gasteiger partial charge in [0, 0.05) is 12.1 Å². The van der Waals surface area contributed by atoms with Crippen LogP contribution in [0.2, 0.25) is 0 Å². The van der Waals surface area contributed by atoms with E-state index >= 15 is 0 Å². The first-order chi connectivity index (χ1) is 17.5. The average molecular weight is 523 g/mol. The lowest BCUT2D eigenvalue weighted by molar-refractivity contribution is -0.145. The number of nitrogens with zero attached hydrogens (tertiary/aromatic N) is 5. The van der Waals surface area contributed by atoms with Crippen LogP contribution in [-0.2, 0) is 19.3 Å². The Bertz CT molecular complexity index is 1370. The number of hydrogen-bond donors (Lipinski definition) is 0. The molecule has 0 N–H and O–H groups in total. The summed E-state index contributed by atoms with van der Waals surface area (Å²) in [4.78, 5) is 25.1. The number of rotatable bonds is 6. The molecule has 0 bridgehead atoms. The molecule has 3 aromatic rings. The molecule has 196 valence electrons.